The van der Waals surface area contributed by atoms with Gasteiger partial charge in [0.2, 0.25) is 5.88 Å². The maximum Gasteiger partial charge on any atom is 0.341 e. The van der Waals surface area contributed by atoms with E-state index in [0.717, 1.165) is 22.2 Å². The number of pyridine rings is 1. The van der Waals surface area contributed by atoms with Crippen LogP contribution in [0.3, 0.4) is 0 Å². The van der Waals surface area contributed by atoms with Crippen molar-refractivity contribution >= 4 is 16.9 Å². The minimum atomic E-state index is -1.07. The second-order valence-electron chi connectivity index (χ2n) is 9.46. The van der Waals surface area contributed by atoms with E-state index in [0.29, 0.717) is 24.3 Å². The fraction of sp³-hybridized carbons (Fsp3) is 0.286. The van der Waals surface area contributed by atoms with Crippen LogP contribution in [0.2, 0.25) is 0 Å². The van der Waals surface area contributed by atoms with Gasteiger partial charge in [0.15, 0.2) is 0 Å². The predicted molar refractivity (Wildman–Crippen MR) is 138 cm³/mol. The Morgan fingerprint density at radius 3 is 2.67 bits per heavy atom. The highest BCUT2D eigenvalue weighted by Gasteiger charge is 2.20. The second-order valence-corrected chi connectivity index (χ2v) is 9.46. The van der Waals surface area contributed by atoms with Crippen molar-refractivity contribution in [2.24, 2.45) is 0 Å². The number of hydrogen-bond acceptors (Lipinski definition) is 6. The highest BCUT2D eigenvalue weighted by Crippen LogP contribution is 2.27. The SMILES string of the molecule is Cc1ccnc(Oc2ccc(CC(C)(C)NC[C@H](O)COc3cccc4[nH]ccc34)cc2)c1C(=O)O. The normalized spacial score (nSPS) is 12.4. The second kappa shape index (κ2) is 10.8. The molecule has 0 bridgehead atoms. The summed E-state index contributed by atoms with van der Waals surface area (Å²) in [6.07, 6.45) is 3.44. The number of hydrogen-bond donors (Lipinski definition) is 4. The maximum atomic E-state index is 11.6. The molecule has 8 heteroatoms. The van der Waals surface area contributed by atoms with Gasteiger partial charge in [-0.3, -0.25) is 0 Å². The molecule has 4 rings (SSSR count). The summed E-state index contributed by atoms with van der Waals surface area (Å²) in [5, 5.41) is 24.3. The molecule has 0 aliphatic carbocycles. The number of ether oxygens (including phenoxy) is 2. The first kappa shape index (κ1) is 25.2. The smallest absolute Gasteiger partial charge is 0.341 e. The molecule has 4 aromatic rings. The van der Waals surface area contributed by atoms with Crippen LogP contribution in [0.4, 0.5) is 0 Å². The number of nitrogens with one attached hydrogen (secondary N) is 2. The highest BCUT2D eigenvalue weighted by molar-refractivity contribution is 5.92. The predicted octanol–water partition coefficient (Wildman–Crippen LogP) is 4.71. The first-order valence-corrected chi connectivity index (χ1v) is 11.8. The van der Waals surface area contributed by atoms with Crippen LogP contribution in [0.5, 0.6) is 17.4 Å². The van der Waals surface area contributed by atoms with Crippen molar-refractivity contribution in [2.45, 2.75) is 38.8 Å². The summed E-state index contributed by atoms with van der Waals surface area (Å²) in [5.41, 5.74) is 2.43. The Kier molecular flexibility index (Phi) is 7.57. The van der Waals surface area contributed by atoms with Crippen LogP contribution in [0.15, 0.2) is 67.0 Å². The van der Waals surface area contributed by atoms with E-state index in [9.17, 15) is 15.0 Å². The van der Waals surface area contributed by atoms with Gasteiger partial charge in [0.25, 0.3) is 0 Å². The number of aromatic nitrogens is 2. The van der Waals surface area contributed by atoms with E-state index < -0.39 is 12.1 Å². The van der Waals surface area contributed by atoms with E-state index in [4.69, 9.17) is 9.47 Å². The number of aromatic amines is 1. The maximum absolute atomic E-state index is 11.6. The quantitative estimate of drug-likeness (QED) is 0.241. The van der Waals surface area contributed by atoms with Crippen LogP contribution in [0, 0.1) is 6.92 Å². The molecule has 0 aliphatic heterocycles. The van der Waals surface area contributed by atoms with Crippen molar-refractivity contribution in [3.8, 4) is 17.4 Å². The van der Waals surface area contributed by atoms with Gasteiger partial charge in [-0.25, -0.2) is 9.78 Å². The third-order valence-corrected chi connectivity index (χ3v) is 5.92. The lowest BCUT2D eigenvalue weighted by molar-refractivity contribution is 0.0692. The summed E-state index contributed by atoms with van der Waals surface area (Å²) in [6.45, 7) is 6.42. The van der Waals surface area contributed by atoms with Gasteiger partial charge in [-0.05, 0) is 74.7 Å². The average molecular weight is 490 g/mol. The lowest BCUT2D eigenvalue weighted by Gasteiger charge is -2.28. The number of benzene rings is 2. The highest BCUT2D eigenvalue weighted by atomic mass is 16.5. The molecule has 188 valence electrons. The molecular formula is C28H31N3O5. The van der Waals surface area contributed by atoms with Gasteiger partial charge in [-0.15, -0.1) is 0 Å². The van der Waals surface area contributed by atoms with Crippen LogP contribution in [0.25, 0.3) is 10.9 Å². The van der Waals surface area contributed by atoms with E-state index in [2.05, 4.69) is 29.1 Å². The molecule has 4 N–H and O–H groups in total. The number of nitrogens with zero attached hydrogens (tertiary/aromatic N) is 1. The number of rotatable bonds is 11. The van der Waals surface area contributed by atoms with Gasteiger partial charge in [0.05, 0.1) is 0 Å². The van der Waals surface area contributed by atoms with E-state index in [-0.39, 0.29) is 23.6 Å². The summed E-state index contributed by atoms with van der Waals surface area (Å²) in [7, 11) is 0. The molecule has 0 fully saturated rings. The van der Waals surface area contributed by atoms with Crippen molar-refractivity contribution in [1.29, 1.82) is 0 Å². The van der Waals surface area contributed by atoms with Gasteiger partial charge < -0.3 is 30.0 Å². The molecular weight excluding hydrogens is 458 g/mol. The Morgan fingerprint density at radius 1 is 1.14 bits per heavy atom. The minimum absolute atomic E-state index is 0.0548. The third kappa shape index (κ3) is 6.21. The standard InChI is InChI=1S/C28H31N3O5/c1-18-11-13-30-26(25(18)27(33)34)36-21-9-7-19(8-10-21)15-28(2,3)31-16-20(32)17-35-24-6-4-5-23-22(24)12-14-29-23/h4-14,20,29,31-32H,15-17H2,1-3H3,(H,33,34)/t20-/m0/s1. The Bertz CT molecular complexity index is 1330. The molecule has 2 aromatic heterocycles. The number of carboxylic acids is 1. The van der Waals surface area contributed by atoms with Gasteiger partial charge in [-0.2, -0.15) is 0 Å². The average Bonchev–Trinajstić information content (AvgIpc) is 3.32. The molecule has 0 radical (unpaired) electrons. The Morgan fingerprint density at radius 2 is 1.92 bits per heavy atom. The monoisotopic (exact) mass is 489 g/mol. The lowest BCUT2D eigenvalue weighted by atomic mass is 9.94. The lowest BCUT2D eigenvalue weighted by Crippen LogP contribution is -2.46. The van der Waals surface area contributed by atoms with Crippen LogP contribution in [0.1, 0.15) is 35.3 Å². The topological polar surface area (TPSA) is 117 Å². The number of aromatic carboxylic acids is 1. The molecule has 0 amide bonds. The number of aliphatic hydroxyl groups is 1. The first-order chi connectivity index (χ1) is 17.2. The molecule has 1 atom stereocenters. The summed E-state index contributed by atoms with van der Waals surface area (Å²) >= 11 is 0. The molecule has 0 spiro atoms. The number of carboxylic acid groups (broad SMARTS) is 1. The van der Waals surface area contributed by atoms with Gasteiger partial charge in [0, 0.05) is 35.4 Å². The summed E-state index contributed by atoms with van der Waals surface area (Å²) in [4.78, 5) is 18.8. The fourth-order valence-corrected chi connectivity index (χ4v) is 4.05. The molecule has 0 aliphatic rings. The van der Waals surface area contributed by atoms with E-state index in [1.807, 2.05) is 42.6 Å². The van der Waals surface area contributed by atoms with Crippen LogP contribution in [-0.2, 0) is 6.42 Å². The number of aryl methyl sites for hydroxylation is 1. The Hall–Kier alpha value is -3.88. The zero-order valence-electron chi connectivity index (χ0n) is 20.6. The zero-order valence-corrected chi connectivity index (χ0v) is 20.6. The van der Waals surface area contributed by atoms with E-state index >= 15 is 0 Å². The molecule has 2 aromatic carbocycles. The Labute approximate surface area is 209 Å². The van der Waals surface area contributed by atoms with Crippen LogP contribution < -0.4 is 14.8 Å². The minimum Gasteiger partial charge on any atom is -0.490 e. The summed E-state index contributed by atoms with van der Waals surface area (Å²) in [6, 6.07) is 16.9. The van der Waals surface area contributed by atoms with Crippen molar-refractivity contribution in [3.63, 3.8) is 0 Å². The molecule has 0 saturated carbocycles. The van der Waals surface area contributed by atoms with Crippen molar-refractivity contribution in [1.82, 2.24) is 15.3 Å². The van der Waals surface area contributed by atoms with Crippen molar-refractivity contribution in [3.05, 3.63) is 83.7 Å². The number of fused-ring (bicyclic) bond motifs is 1. The molecule has 0 saturated heterocycles. The van der Waals surface area contributed by atoms with E-state index in [1.54, 1.807) is 25.1 Å². The number of H-pyrrole nitrogens is 1. The van der Waals surface area contributed by atoms with Crippen molar-refractivity contribution < 1.29 is 24.5 Å². The van der Waals surface area contributed by atoms with Crippen LogP contribution >= 0.6 is 0 Å². The van der Waals surface area contributed by atoms with Crippen LogP contribution in [-0.4, -0.2) is 50.9 Å². The largest absolute Gasteiger partial charge is 0.490 e. The van der Waals surface area contributed by atoms with Crippen molar-refractivity contribution in [2.75, 3.05) is 13.2 Å². The number of aliphatic hydroxyl groups excluding tert-OH is 1. The molecule has 0 unspecified atom stereocenters. The van der Waals surface area contributed by atoms with Gasteiger partial charge in [0.1, 0.15) is 29.8 Å². The van der Waals surface area contributed by atoms with E-state index in [1.165, 1.54) is 6.20 Å². The third-order valence-electron chi connectivity index (χ3n) is 5.92. The van der Waals surface area contributed by atoms with Gasteiger partial charge >= 0.3 is 5.97 Å². The molecule has 36 heavy (non-hydrogen) atoms. The first-order valence-electron chi connectivity index (χ1n) is 11.8. The summed E-state index contributed by atoms with van der Waals surface area (Å²) < 4.78 is 11.6. The Balaban J connectivity index is 1.29. The fourth-order valence-electron chi connectivity index (χ4n) is 4.05. The number of carbonyl (C=O) groups is 1. The molecule has 8 nitrogen and oxygen atoms in total. The number of β-amino-alcohol motifs (C(OH)–C–C–N with tert-alkyl or cyclic N) is 1. The summed E-state index contributed by atoms with van der Waals surface area (Å²) in [5.74, 6) is 0.246. The van der Waals surface area contributed by atoms with Gasteiger partial charge in [-0.1, -0.05) is 18.2 Å². The zero-order chi connectivity index (χ0) is 25.7. The molecule has 2 heterocycles.